The lowest BCUT2D eigenvalue weighted by Crippen LogP contribution is -2.46. The predicted octanol–water partition coefficient (Wildman–Crippen LogP) is 3.32. The van der Waals surface area contributed by atoms with Crippen molar-refractivity contribution in [3.05, 3.63) is 22.8 Å². The molecule has 2 atom stereocenters. The van der Waals surface area contributed by atoms with E-state index in [1.807, 2.05) is 6.07 Å². The van der Waals surface area contributed by atoms with Gasteiger partial charge in [0.15, 0.2) is 5.69 Å². The number of ether oxygens (including phenoxy) is 1. The molecule has 1 aromatic heterocycles. The van der Waals surface area contributed by atoms with Gasteiger partial charge in [0.25, 0.3) is 0 Å². The van der Waals surface area contributed by atoms with Crippen LogP contribution in [-0.4, -0.2) is 54.8 Å². The van der Waals surface area contributed by atoms with Crippen LogP contribution in [-0.2, 0) is 4.74 Å². The summed E-state index contributed by atoms with van der Waals surface area (Å²) in [6.07, 6.45) is 4.31. The Bertz CT molecular complexity index is 614. The quantitative estimate of drug-likeness (QED) is 0.822. The standard InChI is InChI=1S/C19H27ClN4O/c1-14-12-23(13-15(2)25-14)8-5-16-6-9-24(10-7-16)19-4-3-17(20)18(11-21)22-19/h3-4,14-16H,5-10,12-13H2,1-2H3. The van der Waals surface area contributed by atoms with Gasteiger partial charge >= 0.3 is 0 Å². The van der Waals surface area contributed by atoms with Crippen molar-refractivity contribution in [3.8, 4) is 6.07 Å². The minimum absolute atomic E-state index is 0.317. The summed E-state index contributed by atoms with van der Waals surface area (Å²) in [4.78, 5) is 9.20. The number of rotatable bonds is 4. The lowest BCUT2D eigenvalue weighted by atomic mass is 9.93. The van der Waals surface area contributed by atoms with Gasteiger partial charge in [-0.3, -0.25) is 4.90 Å². The van der Waals surface area contributed by atoms with Crippen molar-refractivity contribution in [1.82, 2.24) is 9.88 Å². The molecule has 0 aromatic carbocycles. The highest BCUT2D eigenvalue weighted by Gasteiger charge is 2.25. The number of halogens is 1. The molecular formula is C19H27ClN4O. The second kappa shape index (κ2) is 8.35. The Hall–Kier alpha value is -1.35. The number of nitriles is 1. The van der Waals surface area contributed by atoms with Crippen molar-refractivity contribution in [2.24, 2.45) is 5.92 Å². The van der Waals surface area contributed by atoms with Gasteiger partial charge in [-0.05, 0) is 57.7 Å². The summed E-state index contributed by atoms with van der Waals surface area (Å²) in [6, 6.07) is 5.75. The van der Waals surface area contributed by atoms with Gasteiger partial charge in [0.1, 0.15) is 11.9 Å². The molecule has 2 aliphatic rings. The first-order valence-corrected chi connectivity index (χ1v) is 9.62. The lowest BCUT2D eigenvalue weighted by molar-refractivity contribution is -0.0690. The Morgan fingerprint density at radius 3 is 2.56 bits per heavy atom. The molecule has 0 bridgehead atoms. The van der Waals surface area contributed by atoms with Gasteiger partial charge in [0.2, 0.25) is 0 Å². The van der Waals surface area contributed by atoms with Gasteiger partial charge < -0.3 is 9.64 Å². The second-order valence-corrected chi connectivity index (χ2v) is 7.75. The number of nitrogens with zero attached hydrogens (tertiary/aromatic N) is 4. The smallest absolute Gasteiger partial charge is 0.161 e. The van der Waals surface area contributed by atoms with Crippen molar-refractivity contribution in [3.63, 3.8) is 0 Å². The highest BCUT2D eigenvalue weighted by molar-refractivity contribution is 6.31. The number of hydrogen-bond acceptors (Lipinski definition) is 5. The minimum Gasteiger partial charge on any atom is -0.373 e. The average Bonchev–Trinajstić information content (AvgIpc) is 2.60. The summed E-state index contributed by atoms with van der Waals surface area (Å²) < 4.78 is 5.81. The third-order valence-corrected chi connectivity index (χ3v) is 5.53. The van der Waals surface area contributed by atoms with E-state index in [1.165, 1.54) is 25.8 Å². The zero-order chi connectivity index (χ0) is 17.8. The van der Waals surface area contributed by atoms with Gasteiger partial charge in [-0.2, -0.15) is 5.26 Å². The molecule has 1 aromatic rings. The summed E-state index contributed by atoms with van der Waals surface area (Å²) in [5, 5.41) is 9.51. The lowest BCUT2D eigenvalue weighted by Gasteiger charge is -2.37. The van der Waals surface area contributed by atoms with Crippen LogP contribution in [0.5, 0.6) is 0 Å². The number of aromatic nitrogens is 1. The van der Waals surface area contributed by atoms with Gasteiger partial charge in [0, 0.05) is 26.2 Å². The Morgan fingerprint density at radius 2 is 1.92 bits per heavy atom. The molecule has 25 heavy (non-hydrogen) atoms. The van der Waals surface area contributed by atoms with Crippen molar-refractivity contribution in [1.29, 1.82) is 5.26 Å². The van der Waals surface area contributed by atoms with E-state index in [1.54, 1.807) is 6.07 Å². The van der Waals surface area contributed by atoms with Crippen LogP contribution in [0.15, 0.2) is 12.1 Å². The Labute approximate surface area is 155 Å². The molecule has 0 N–H and O–H groups in total. The van der Waals surface area contributed by atoms with E-state index in [-0.39, 0.29) is 0 Å². The van der Waals surface area contributed by atoms with E-state index >= 15 is 0 Å². The molecule has 5 nitrogen and oxygen atoms in total. The molecular weight excluding hydrogens is 336 g/mol. The van der Waals surface area contributed by atoms with E-state index in [0.717, 1.165) is 37.9 Å². The normalized spacial score (nSPS) is 25.8. The van der Waals surface area contributed by atoms with Gasteiger partial charge in [0.05, 0.1) is 17.2 Å². The maximum atomic E-state index is 9.09. The van der Waals surface area contributed by atoms with Crippen LogP contribution in [0.1, 0.15) is 38.8 Å². The molecule has 3 rings (SSSR count). The number of hydrogen-bond donors (Lipinski definition) is 0. The highest BCUT2D eigenvalue weighted by atomic mass is 35.5. The fourth-order valence-electron chi connectivity index (χ4n) is 3.97. The molecule has 2 fully saturated rings. The fraction of sp³-hybridized carbons (Fsp3) is 0.684. The third-order valence-electron chi connectivity index (χ3n) is 5.22. The van der Waals surface area contributed by atoms with Crippen LogP contribution in [0.25, 0.3) is 0 Å². The minimum atomic E-state index is 0.317. The van der Waals surface area contributed by atoms with Crippen LogP contribution in [0.2, 0.25) is 5.02 Å². The predicted molar refractivity (Wildman–Crippen MR) is 100.0 cm³/mol. The number of morpholine rings is 1. The van der Waals surface area contributed by atoms with E-state index in [2.05, 4.69) is 34.7 Å². The number of anilines is 1. The van der Waals surface area contributed by atoms with E-state index < -0.39 is 0 Å². The largest absolute Gasteiger partial charge is 0.373 e. The zero-order valence-electron chi connectivity index (χ0n) is 15.1. The van der Waals surface area contributed by atoms with Crippen molar-refractivity contribution >= 4 is 17.4 Å². The van der Waals surface area contributed by atoms with Crippen molar-refractivity contribution in [2.45, 2.75) is 45.3 Å². The molecule has 0 saturated carbocycles. The fourth-order valence-corrected chi connectivity index (χ4v) is 4.12. The number of piperidine rings is 1. The molecule has 2 aliphatic heterocycles. The van der Waals surface area contributed by atoms with Gasteiger partial charge in [-0.25, -0.2) is 4.98 Å². The maximum absolute atomic E-state index is 9.09. The Morgan fingerprint density at radius 1 is 1.24 bits per heavy atom. The first kappa shape index (κ1) is 18.4. The van der Waals surface area contributed by atoms with E-state index in [0.29, 0.717) is 22.9 Å². The van der Waals surface area contributed by atoms with Crippen LogP contribution >= 0.6 is 11.6 Å². The highest BCUT2D eigenvalue weighted by Crippen LogP contribution is 2.26. The summed E-state index contributed by atoms with van der Waals surface area (Å²) in [5.74, 6) is 1.64. The summed E-state index contributed by atoms with van der Waals surface area (Å²) in [7, 11) is 0. The molecule has 136 valence electrons. The molecule has 2 saturated heterocycles. The first-order chi connectivity index (χ1) is 12.0. The van der Waals surface area contributed by atoms with Crippen molar-refractivity contribution in [2.75, 3.05) is 37.6 Å². The van der Waals surface area contributed by atoms with Crippen LogP contribution in [0.3, 0.4) is 0 Å². The van der Waals surface area contributed by atoms with E-state index in [4.69, 9.17) is 21.6 Å². The Kier molecular flexibility index (Phi) is 6.16. The topological polar surface area (TPSA) is 52.4 Å². The van der Waals surface area contributed by atoms with Gasteiger partial charge in [-0.15, -0.1) is 0 Å². The first-order valence-electron chi connectivity index (χ1n) is 9.24. The summed E-state index contributed by atoms with van der Waals surface area (Å²) >= 11 is 5.98. The molecule has 2 unspecified atom stereocenters. The van der Waals surface area contributed by atoms with Crippen molar-refractivity contribution < 1.29 is 4.74 Å². The van der Waals surface area contributed by atoms with Crippen LogP contribution < -0.4 is 4.90 Å². The third kappa shape index (κ3) is 4.84. The molecule has 0 radical (unpaired) electrons. The van der Waals surface area contributed by atoms with Crippen LogP contribution in [0, 0.1) is 17.2 Å². The maximum Gasteiger partial charge on any atom is 0.161 e. The zero-order valence-corrected chi connectivity index (χ0v) is 15.9. The second-order valence-electron chi connectivity index (χ2n) is 7.35. The molecule has 0 amide bonds. The van der Waals surface area contributed by atoms with Gasteiger partial charge in [-0.1, -0.05) is 11.6 Å². The summed E-state index contributed by atoms with van der Waals surface area (Å²) in [5.41, 5.74) is 0.317. The molecule has 6 heteroatoms. The Balaban J connectivity index is 1.47. The molecule has 3 heterocycles. The monoisotopic (exact) mass is 362 g/mol. The van der Waals surface area contributed by atoms with Crippen LogP contribution in [0.4, 0.5) is 5.82 Å². The summed E-state index contributed by atoms with van der Waals surface area (Å²) in [6.45, 7) is 9.59. The number of pyridine rings is 1. The molecule has 0 spiro atoms. The average molecular weight is 363 g/mol. The van der Waals surface area contributed by atoms with E-state index in [9.17, 15) is 0 Å². The SMILES string of the molecule is CC1CN(CCC2CCN(c3ccc(Cl)c(C#N)n3)CC2)CC(C)O1. The molecule has 0 aliphatic carbocycles.